The molecule has 0 aliphatic rings. The minimum atomic E-state index is -0.755. The van der Waals surface area contributed by atoms with Crippen LogP contribution in [0.2, 0.25) is 15.1 Å². The summed E-state index contributed by atoms with van der Waals surface area (Å²) in [4.78, 5) is 28.4. The Kier molecular flexibility index (Phi) is 7.43. The lowest BCUT2D eigenvalue weighted by Gasteiger charge is -2.12. The van der Waals surface area contributed by atoms with Crippen LogP contribution in [0.5, 0.6) is 11.5 Å². The molecule has 0 unspecified atom stereocenters. The SMILES string of the molecule is COc1ccc(NC(=O)COC(=O)COc2c(Cl)cc(Cl)c3ccc(C)nc23)cc1Cl. The maximum Gasteiger partial charge on any atom is 0.344 e. The molecule has 0 radical (unpaired) electrons. The van der Waals surface area contributed by atoms with Gasteiger partial charge in [0.25, 0.3) is 5.91 Å². The molecule has 0 aliphatic carbocycles. The van der Waals surface area contributed by atoms with Gasteiger partial charge in [0, 0.05) is 16.8 Å². The van der Waals surface area contributed by atoms with Gasteiger partial charge in [-0.1, -0.05) is 34.8 Å². The molecule has 162 valence electrons. The molecule has 1 heterocycles. The fourth-order valence-electron chi connectivity index (χ4n) is 2.69. The number of benzene rings is 2. The van der Waals surface area contributed by atoms with Gasteiger partial charge < -0.3 is 19.5 Å². The van der Waals surface area contributed by atoms with E-state index in [-0.39, 0.29) is 10.8 Å². The van der Waals surface area contributed by atoms with Crippen LogP contribution in [0.1, 0.15) is 5.69 Å². The van der Waals surface area contributed by atoms with E-state index in [4.69, 9.17) is 49.0 Å². The molecule has 31 heavy (non-hydrogen) atoms. The van der Waals surface area contributed by atoms with Crippen molar-refractivity contribution in [2.45, 2.75) is 6.92 Å². The number of anilines is 1. The molecule has 0 aliphatic heterocycles. The highest BCUT2D eigenvalue weighted by atomic mass is 35.5. The number of nitrogens with zero attached hydrogens (tertiary/aromatic N) is 1. The minimum absolute atomic E-state index is 0.206. The van der Waals surface area contributed by atoms with Crippen molar-refractivity contribution in [3.63, 3.8) is 0 Å². The summed E-state index contributed by atoms with van der Waals surface area (Å²) in [6.45, 7) is 0.840. The Morgan fingerprint density at radius 2 is 1.77 bits per heavy atom. The number of methoxy groups -OCH3 is 1. The number of fused-ring (bicyclic) bond motifs is 1. The van der Waals surface area contributed by atoms with E-state index in [0.717, 1.165) is 5.69 Å². The summed E-state index contributed by atoms with van der Waals surface area (Å²) in [6, 6.07) is 9.83. The zero-order chi connectivity index (χ0) is 22.5. The number of rotatable bonds is 7. The molecule has 0 atom stereocenters. The monoisotopic (exact) mass is 482 g/mol. The highest BCUT2D eigenvalue weighted by Crippen LogP contribution is 2.37. The fourth-order valence-corrected chi connectivity index (χ4v) is 3.52. The highest BCUT2D eigenvalue weighted by Gasteiger charge is 2.16. The van der Waals surface area contributed by atoms with Crippen molar-refractivity contribution < 1.29 is 23.8 Å². The molecular formula is C21H17Cl3N2O5. The van der Waals surface area contributed by atoms with Crippen molar-refractivity contribution in [1.29, 1.82) is 0 Å². The van der Waals surface area contributed by atoms with E-state index in [9.17, 15) is 9.59 Å². The number of aryl methyl sites for hydroxylation is 1. The summed E-state index contributed by atoms with van der Waals surface area (Å²) in [5, 5.41) is 4.16. The van der Waals surface area contributed by atoms with Crippen LogP contribution in [0.15, 0.2) is 36.4 Å². The van der Waals surface area contributed by atoms with Gasteiger partial charge in [-0.2, -0.15) is 0 Å². The van der Waals surface area contributed by atoms with Crippen molar-refractivity contribution in [3.05, 3.63) is 57.2 Å². The second-order valence-electron chi connectivity index (χ2n) is 6.36. The molecule has 2 aromatic carbocycles. The maximum absolute atomic E-state index is 12.0. The number of carbonyl (C=O) groups is 2. The zero-order valence-electron chi connectivity index (χ0n) is 16.5. The van der Waals surface area contributed by atoms with E-state index in [1.807, 2.05) is 0 Å². The van der Waals surface area contributed by atoms with E-state index >= 15 is 0 Å². The lowest BCUT2D eigenvalue weighted by Crippen LogP contribution is -2.23. The summed E-state index contributed by atoms with van der Waals surface area (Å²) < 4.78 is 15.5. The van der Waals surface area contributed by atoms with Crippen LogP contribution in [0.3, 0.4) is 0 Å². The quantitative estimate of drug-likeness (QED) is 0.472. The molecule has 3 aromatic rings. The summed E-state index contributed by atoms with van der Waals surface area (Å²) in [5.74, 6) is -0.614. The third-order valence-electron chi connectivity index (χ3n) is 4.11. The van der Waals surface area contributed by atoms with Crippen molar-refractivity contribution in [3.8, 4) is 11.5 Å². The number of halogens is 3. The number of aromatic nitrogens is 1. The summed E-state index contributed by atoms with van der Waals surface area (Å²) in [6.07, 6.45) is 0. The topological polar surface area (TPSA) is 86.8 Å². The van der Waals surface area contributed by atoms with Crippen molar-refractivity contribution >= 4 is 63.3 Å². The zero-order valence-corrected chi connectivity index (χ0v) is 18.8. The molecule has 1 N–H and O–H groups in total. The largest absolute Gasteiger partial charge is 0.495 e. The molecule has 0 saturated heterocycles. The Bertz CT molecular complexity index is 1150. The lowest BCUT2D eigenvalue weighted by molar-refractivity contribution is -0.149. The number of pyridine rings is 1. The Balaban J connectivity index is 1.58. The smallest absolute Gasteiger partial charge is 0.344 e. The Hall–Kier alpha value is -2.74. The first-order valence-corrected chi connectivity index (χ1v) is 10.1. The number of carbonyl (C=O) groups excluding carboxylic acids is 2. The highest BCUT2D eigenvalue weighted by molar-refractivity contribution is 6.39. The molecule has 3 rings (SSSR count). The van der Waals surface area contributed by atoms with Gasteiger partial charge in [0.1, 0.15) is 11.3 Å². The van der Waals surface area contributed by atoms with Crippen LogP contribution in [0.25, 0.3) is 10.9 Å². The fraction of sp³-hybridized carbons (Fsp3) is 0.190. The third kappa shape index (κ3) is 5.70. The van der Waals surface area contributed by atoms with Gasteiger partial charge >= 0.3 is 5.97 Å². The van der Waals surface area contributed by atoms with Crippen LogP contribution in [-0.4, -0.2) is 37.2 Å². The van der Waals surface area contributed by atoms with Gasteiger partial charge in [0.05, 0.1) is 22.2 Å². The summed E-state index contributed by atoms with van der Waals surface area (Å²) >= 11 is 18.4. The number of hydrogen-bond donors (Lipinski definition) is 1. The molecule has 7 nitrogen and oxygen atoms in total. The van der Waals surface area contributed by atoms with E-state index in [1.165, 1.54) is 19.2 Å². The number of amides is 1. The first-order chi connectivity index (χ1) is 14.8. The van der Waals surface area contributed by atoms with Gasteiger partial charge in [0.15, 0.2) is 19.0 Å². The molecule has 0 spiro atoms. The van der Waals surface area contributed by atoms with Crippen LogP contribution >= 0.6 is 34.8 Å². The van der Waals surface area contributed by atoms with Crippen molar-refractivity contribution in [2.24, 2.45) is 0 Å². The molecule has 1 amide bonds. The van der Waals surface area contributed by atoms with Crippen LogP contribution < -0.4 is 14.8 Å². The Morgan fingerprint density at radius 1 is 1.00 bits per heavy atom. The average Bonchev–Trinajstić information content (AvgIpc) is 2.72. The van der Waals surface area contributed by atoms with E-state index in [0.29, 0.717) is 32.4 Å². The van der Waals surface area contributed by atoms with E-state index in [2.05, 4.69) is 10.3 Å². The molecule has 0 saturated carbocycles. The summed E-state index contributed by atoms with van der Waals surface area (Å²) in [5.41, 5.74) is 1.59. The molecule has 0 fully saturated rings. The predicted octanol–water partition coefficient (Wildman–Crippen LogP) is 5.07. The van der Waals surface area contributed by atoms with Crippen LogP contribution in [-0.2, 0) is 14.3 Å². The van der Waals surface area contributed by atoms with Gasteiger partial charge in [0.2, 0.25) is 0 Å². The molecular weight excluding hydrogens is 467 g/mol. The second kappa shape index (κ2) is 10.0. The normalized spacial score (nSPS) is 10.6. The average molecular weight is 484 g/mol. The Morgan fingerprint density at radius 3 is 2.48 bits per heavy atom. The van der Waals surface area contributed by atoms with Gasteiger partial charge in [-0.3, -0.25) is 4.79 Å². The number of esters is 1. The number of hydrogen-bond acceptors (Lipinski definition) is 6. The molecule has 10 heteroatoms. The van der Waals surface area contributed by atoms with E-state index in [1.54, 1.807) is 31.2 Å². The number of ether oxygens (including phenoxy) is 3. The van der Waals surface area contributed by atoms with Crippen molar-refractivity contribution in [1.82, 2.24) is 4.98 Å². The first-order valence-electron chi connectivity index (χ1n) is 8.95. The van der Waals surface area contributed by atoms with Gasteiger partial charge in [-0.25, -0.2) is 9.78 Å². The number of nitrogens with one attached hydrogen (secondary N) is 1. The van der Waals surface area contributed by atoms with Gasteiger partial charge in [-0.05, 0) is 43.3 Å². The lowest BCUT2D eigenvalue weighted by atomic mass is 10.2. The Labute approximate surface area is 193 Å². The summed E-state index contributed by atoms with van der Waals surface area (Å²) in [7, 11) is 1.48. The van der Waals surface area contributed by atoms with Crippen molar-refractivity contribution in [2.75, 3.05) is 25.6 Å². The minimum Gasteiger partial charge on any atom is -0.495 e. The van der Waals surface area contributed by atoms with E-state index < -0.39 is 25.1 Å². The van der Waals surface area contributed by atoms with Gasteiger partial charge in [-0.15, -0.1) is 0 Å². The predicted molar refractivity (Wildman–Crippen MR) is 120 cm³/mol. The standard InChI is InChI=1S/C21H17Cl3N2O5/c1-11-3-5-13-14(22)8-16(24)21(20(13)25-11)31-10-19(28)30-9-18(27)26-12-4-6-17(29-2)15(23)7-12/h3-8H,9-10H2,1-2H3,(H,26,27). The molecule has 1 aromatic heterocycles. The van der Waals surface area contributed by atoms with Crippen LogP contribution in [0, 0.1) is 6.92 Å². The van der Waals surface area contributed by atoms with Crippen LogP contribution in [0.4, 0.5) is 5.69 Å². The maximum atomic E-state index is 12.0. The second-order valence-corrected chi connectivity index (χ2v) is 7.59. The third-order valence-corrected chi connectivity index (χ3v) is 5.00. The molecule has 0 bridgehead atoms. The first kappa shape index (κ1) is 22.9.